The van der Waals surface area contributed by atoms with E-state index in [0.29, 0.717) is 18.6 Å². The molecule has 0 aliphatic carbocycles. The van der Waals surface area contributed by atoms with Crippen LogP contribution in [0.2, 0.25) is 0 Å². The van der Waals surface area contributed by atoms with Crippen molar-refractivity contribution in [1.29, 1.82) is 0 Å². The first-order chi connectivity index (χ1) is 10.0. The van der Waals surface area contributed by atoms with Gasteiger partial charge >= 0.3 is 5.69 Å². The Balaban J connectivity index is 0.00000176. The maximum atomic E-state index is 11.9. The van der Waals surface area contributed by atoms with E-state index in [4.69, 9.17) is 5.73 Å². The van der Waals surface area contributed by atoms with Crippen LogP contribution in [-0.2, 0) is 6.54 Å². The third kappa shape index (κ3) is 2.49. The highest BCUT2D eigenvalue weighted by molar-refractivity contribution is 5.85. The molecule has 8 heteroatoms. The van der Waals surface area contributed by atoms with Crippen LogP contribution < -0.4 is 17.0 Å². The molecule has 2 aliphatic heterocycles. The van der Waals surface area contributed by atoms with E-state index in [0.717, 1.165) is 16.6 Å². The van der Waals surface area contributed by atoms with Crippen LogP contribution in [0.1, 0.15) is 11.1 Å². The lowest BCUT2D eigenvalue weighted by molar-refractivity contribution is 0.711. The van der Waals surface area contributed by atoms with Gasteiger partial charge in [-0.3, -0.25) is 9.78 Å². The highest BCUT2D eigenvalue weighted by atomic mass is 35.5. The Kier molecular flexibility index (Phi) is 4.30. The van der Waals surface area contributed by atoms with Gasteiger partial charge in [-0.25, -0.2) is 9.78 Å². The van der Waals surface area contributed by atoms with Crippen LogP contribution in [0.4, 0.5) is 0 Å². The van der Waals surface area contributed by atoms with Gasteiger partial charge in [0.1, 0.15) is 0 Å². The number of rotatable bonds is 2. The number of aromatic amines is 1. The monoisotopic (exact) mass is 321 g/mol. The Morgan fingerprint density at radius 1 is 1.18 bits per heavy atom. The second kappa shape index (κ2) is 5.86. The zero-order chi connectivity index (χ0) is 15.1. The van der Waals surface area contributed by atoms with E-state index in [9.17, 15) is 9.59 Å². The van der Waals surface area contributed by atoms with Crippen LogP contribution in [0.15, 0.2) is 21.7 Å². The number of fused-ring (bicyclic) bond motifs is 2. The summed E-state index contributed by atoms with van der Waals surface area (Å²) in [5.74, 6) is 0.268. The summed E-state index contributed by atoms with van der Waals surface area (Å²) in [7, 11) is 0. The molecular formula is C14H16ClN5O2. The van der Waals surface area contributed by atoms with Gasteiger partial charge in [0.2, 0.25) is 0 Å². The number of aromatic nitrogens is 4. The topological polar surface area (TPSA) is 107 Å². The first-order valence-corrected chi connectivity index (χ1v) is 6.63. The summed E-state index contributed by atoms with van der Waals surface area (Å²) < 4.78 is 1.78. The van der Waals surface area contributed by atoms with Crippen molar-refractivity contribution in [3.05, 3.63) is 44.1 Å². The van der Waals surface area contributed by atoms with Crippen LogP contribution in [-0.4, -0.2) is 26.1 Å². The van der Waals surface area contributed by atoms with Gasteiger partial charge in [-0.15, -0.1) is 12.4 Å². The van der Waals surface area contributed by atoms with Gasteiger partial charge in [-0.2, -0.15) is 4.98 Å². The molecule has 1 aromatic rings. The summed E-state index contributed by atoms with van der Waals surface area (Å²) in [4.78, 5) is 33.8. The number of H-pyrrole nitrogens is 1. The average Bonchev–Trinajstić information content (AvgIpc) is 2.42. The maximum absolute atomic E-state index is 11.9. The molecular weight excluding hydrogens is 306 g/mol. The molecule has 0 saturated carbocycles. The number of nitrogens with zero attached hydrogens (tertiary/aromatic N) is 3. The molecule has 0 atom stereocenters. The minimum atomic E-state index is -0.678. The SMILES string of the molecule is Cc1cc2nc3c(=O)[nH]c(=O)nc-3n(CCN)c2cc1C.Cl. The lowest BCUT2D eigenvalue weighted by atomic mass is 10.1. The molecule has 3 N–H and O–H groups in total. The van der Waals surface area contributed by atoms with Crippen molar-refractivity contribution in [2.45, 2.75) is 20.4 Å². The van der Waals surface area contributed by atoms with E-state index in [1.807, 2.05) is 26.0 Å². The van der Waals surface area contributed by atoms with Crippen LogP contribution >= 0.6 is 12.4 Å². The second-order valence-corrected chi connectivity index (χ2v) is 5.02. The molecule has 0 fully saturated rings. The molecule has 0 aromatic heterocycles. The van der Waals surface area contributed by atoms with Gasteiger partial charge in [-0.1, -0.05) is 0 Å². The van der Waals surface area contributed by atoms with E-state index in [-0.39, 0.29) is 23.9 Å². The summed E-state index contributed by atoms with van der Waals surface area (Å²) in [6, 6.07) is 3.89. The number of halogens is 1. The van der Waals surface area contributed by atoms with Crippen molar-refractivity contribution >= 4 is 23.4 Å². The van der Waals surface area contributed by atoms with Crippen LogP contribution in [0.25, 0.3) is 22.6 Å². The number of nitrogens with two attached hydrogens (primary N) is 1. The smallest absolute Gasteiger partial charge is 0.329 e. The molecule has 0 saturated heterocycles. The van der Waals surface area contributed by atoms with Crippen LogP contribution in [0, 0.1) is 13.8 Å². The Morgan fingerprint density at radius 3 is 2.55 bits per heavy atom. The summed E-state index contributed by atoms with van der Waals surface area (Å²) in [6.45, 7) is 4.80. The Hall–Kier alpha value is -2.25. The molecule has 1 aromatic carbocycles. The zero-order valence-electron chi connectivity index (χ0n) is 12.2. The minimum absolute atomic E-state index is 0. The predicted octanol–water partition coefficient (Wildman–Crippen LogP) is 0.582. The minimum Gasteiger partial charge on any atom is -0.329 e. The molecule has 0 amide bonds. The summed E-state index contributed by atoms with van der Waals surface area (Å²) in [6.07, 6.45) is 0. The number of aryl methyl sites for hydroxylation is 2. The first kappa shape index (κ1) is 16.1. The van der Waals surface area contributed by atoms with Gasteiger partial charge in [0.05, 0.1) is 11.0 Å². The largest absolute Gasteiger partial charge is 0.349 e. The van der Waals surface area contributed by atoms with Crippen molar-refractivity contribution in [3.63, 3.8) is 0 Å². The van der Waals surface area contributed by atoms with Crippen molar-refractivity contribution in [2.24, 2.45) is 5.73 Å². The van der Waals surface area contributed by atoms with Crippen molar-refractivity contribution < 1.29 is 0 Å². The van der Waals surface area contributed by atoms with Gasteiger partial charge in [0, 0.05) is 13.1 Å². The van der Waals surface area contributed by atoms with E-state index >= 15 is 0 Å². The number of hydrogen-bond acceptors (Lipinski definition) is 5. The standard InChI is InChI=1S/C14H15N5O2.ClH/c1-7-5-9-10(6-8(7)2)19(4-3-15)12-11(16-9)13(20)18-14(21)17-12;/h5-6H,3-4,15H2,1-2H3,(H,18,20,21);1H. The van der Waals surface area contributed by atoms with Crippen LogP contribution in [0.3, 0.4) is 0 Å². The summed E-state index contributed by atoms with van der Waals surface area (Å²) in [5, 5.41) is 0. The molecule has 0 bridgehead atoms. The number of nitrogens with one attached hydrogen (secondary N) is 1. The molecule has 3 rings (SSSR count). The third-order valence-electron chi connectivity index (χ3n) is 3.58. The lowest BCUT2D eigenvalue weighted by Gasteiger charge is -2.16. The van der Waals surface area contributed by atoms with E-state index < -0.39 is 11.2 Å². The van der Waals surface area contributed by atoms with Gasteiger partial charge in [0.15, 0.2) is 11.5 Å². The maximum Gasteiger partial charge on any atom is 0.349 e. The van der Waals surface area contributed by atoms with E-state index in [1.165, 1.54) is 0 Å². The molecule has 22 heavy (non-hydrogen) atoms. The van der Waals surface area contributed by atoms with Gasteiger partial charge in [-0.05, 0) is 37.1 Å². The van der Waals surface area contributed by atoms with Crippen molar-refractivity contribution in [1.82, 2.24) is 19.5 Å². The van der Waals surface area contributed by atoms with Crippen molar-refractivity contribution in [2.75, 3.05) is 6.54 Å². The van der Waals surface area contributed by atoms with Gasteiger partial charge < -0.3 is 10.3 Å². The Bertz CT molecular complexity index is 931. The van der Waals surface area contributed by atoms with E-state index in [1.54, 1.807) is 4.57 Å². The fourth-order valence-corrected chi connectivity index (χ4v) is 2.41. The highest BCUT2D eigenvalue weighted by Gasteiger charge is 2.18. The second-order valence-electron chi connectivity index (χ2n) is 5.02. The normalized spacial score (nSPS) is 10.9. The number of benzene rings is 1. The molecule has 2 aliphatic rings. The van der Waals surface area contributed by atoms with Crippen LogP contribution in [0.5, 0.6) is 0 Å². The van der Waals surface area contributed by atoms with E-state index in [2.05, 4.69) is 15.0 Å². The quantitative estimate of drug-likeness (QED) is 0.671. The predicted molar refractivity (Wildman–Crippen MR) is 86.8 cm³/mol. The molecule has 0 radical (unpaired) electrons. The summed E-state index contributed by atoms with van der Waals surface area (Å²) >= 11 is 0. The third-order valence-corrected chi connectivity index (χ3v) is 3.58. The first-order valence-electron chi connectivity index (χ1n) is 6.63. The molecule has 2 heterocycles. The summed E-state index contributed by atoms with van der Waals surface area (Å²) in [5.41, 5.74) is 8.28. The zero-order valence-corrected chi connectivity index (χ0v) is 13.0. The fourth-order valence-electron chi connectivity index (χ4n) is 2.41. The molecule has 7 nitrogen and oxygen atoms in total. The Morgan fingerprint density at radius 2 is 1.86 bits per heavy atom. The number of hydrogen-bond donors (Lipinski definition) is 2. The lowest BCUT2D eigenvalue weighted by Crippen LogP contribution is -2.29. The molecule has 0 spiro atoms. The molecule has 0 unspecified atom stereocenters. The average molecular weight is 322 g/mol. The molecule has 116 valence electrons. The fraction of sp³-hybridized carbons (Fsp3) is 0.286. The van der Waals surface area contributed by atoms with Gasteiger partial charge in [0.25, 0.3) is 5.56 Å². The van der Waals surface area contributed by atoms with Crippen molar-refractivity contribution in [3.8, 4) is 11.5 Å². The Labute approximate surface area is 132 Å². The highest BCUT2D eigenvalue weighted by Crippen LogP contribution is 2.23.